The van der Waals surface area contributed by atoms with Crippen molar-refractivity contribution in [1.82, 2.24) is 42.5 Å². The van der Waals surface area contributed by atoms with Crippen LogP contribution in [0.25, 0.3) is 0 Å². The molecule has 1 aromatic carbocycles. The minimum Gasteiger partial charge on any atom is -0.443 e. The van der Waals surface area contributed by atoms with Crippen LogP contribution in [0.15, 0.2) is 42.0 Å². The topological polar surface area (TPSA) is 297 Å². The first-order valence-electron chi connectivity index (χ1n) is 30.2. The fraction of sp³-hybridized carbons (Fsp3) is 0.742. The van der Waals surface area contributed by atoms with Gasteiger partial charge in [-0.3, -0.25) is 33.6 Å². The molecule has 2 saturated heterocycles. The molecule has 7 amide bonds. The van der Waals surface area contributed by atoms with Crippen LogP contribution in [0.1, 0.15) is 153 Å². The highest BCUT2D eigenvalue weighted by Crippen LogP contribution is 2.59. The molecule has 1 spiro atoms. The number of epoxide rings is 2. The van der Waals surface area contributed by atoms with Crippen molar-refractivity contribution in [1.29, 1.82) is 0 Å². The average molecular weight is 1170 g/mol. The van der Waals surface area contributed by atoms with E-state index in [0.29, 0.717) is 58.2 Å². The maximum Gasteiger partial charge on any atom is 0.407 e. The predicted molar refractivity (Wildman–Crippen MR) is 316 cm³/mol. The summed E-state index contributed by atoms with van der Waals surface area (Å²) in [6.45, 7) is 23.8. The summed E-state index contributed by atoms with van der Waals surface area (Å²) >= 11 is 0. The van der Waals surface area contributed by atoms with Crippen molar-refractivity contribution < 1.29 is 62.4 Å². The van der Waals surface area contributed by atoms with Crippen LogP contribution in [-0.4, -0.2) is 160 Å². The van der Waals surface area contributed by atoms with Crippen LogP contribution in [0.5, 0.6) is 0 Å². The Labute approximate surface area is 493 Å². The second-order valence-corrected chi connectivity index (χ2v) is 25.5. The zero-order valence-corrected chi connectivity index (χ0v) is 52.0. The van der Waals surface area contributed by atoms with Crippen LogP contribution in [0, 0.1) is 34.5 Å². The molecule has 1 saturated carbocycles. The van der Waals surface area contributed by atoms with Gasteiger partial charge in [-0.15, -0.1) is 0 Å². The normalized spacial score (nSPS) is 23.3. The Morgan fingerprint density at radius 2 is 1.48 bits per heavy atom. The lowest BCUT2D eigenvalue weighted by Crippen LogP contribution is -2.56. The van der Waals surface area contributed by atoms with E-state index in [0.717, 1.165) is 18.4 Å². The number of ketones is 1. The number of benzene rings is 1. The van der Waals surface area contributed by atoms with Crippen LogP contribution in [0.2, 0.25) is 0 Å². The predicted octanol–water partition coefficient (Wildman–Crippen LogP) is 4.72. The van der Waals surface area contributed by atoms with Crippen LogP contribution >= 0.6 is 0 Å². The first kappa shape index (κ1) is 70.0. The molecule has 0 radical (unpaired) electrons. The van der Waals surface area contributed by atoms with E-state index in [1.54, 1.807) is 45.2 Å². The third kappa shape index (κ3) is 22.1. The molecule has 7 unspecified atom stereocenters. The summed E-state index contributed by atoms with van der Waals surface area (Å²) in [5.74, 6) is -3.23. The van der Waals surface area contributed by atoms with Gasteiger partial charge in [-0.05, 0) is 102 Å². The molecule has 4 rings (SSSR count). The van der Waals surface area contributed by atoms with E-state index in [1.807, 2.05) is 54.5 Å². The number of aliphatic hydroxyl groups excluding tert-OH is 1. The molecule has 21 nitrogen and oxygen atoms in total. The zero-order chi connectivity index (χ0) is 61.7. The number of alkyl carbamates (subject to hydrolysis) is 1. The van der Waals surface area contributed by atoms with Crippen molar-refractivity contribution in [2.75, 3.05) is 59.5 Å². The van der Waals surface area contributed by atoms with Gasteiger partial charge in [0.1, 0.15) is 35.5 Å². The van der Waals surface area contributed by atoms with Gasteiger partial charge < -0.3 is 66.6 Å². The molecule has 2 aliphatic heterocycles. The Morgan fingerprint density at radius 3 is 2.10 bits per heavy atom. The number of amides is 7. The zero-order valence-electron chi connectivity index (χ0n) is 52.0. The Hall–Kier alpha value is -5.48. The van der Waals surface area contributed by atoms with E-state index in [9.17, 15) is 43.5 Å². The van der Waals surface area contributed by atoms with Crippen molar-refractivity contribution in [3.05, 3.63) is 47.5 Å². The van der Waals surface area contributed by atoms with E-state index in [4.69, 9.17) is 18.9 Å². The van der Waals surface area contributed by atoms with E-state index in [-0.39, 0.29) is 105 Å². The molecule has 11 atom stereocenters. The Bertz CT molecular complexity index is 2340. The van der Waals surface area contributed by atoms with Gasteiger partial charge >= 0.3 is 6.09 Å². The van der Waals surface area contributed by atoms with Gasteiger partial charge in [0.05, 0.1) is 44.4 Å². The standard InChI is InChI=1S/C62H102N8O13/c1-39(2)23-24-49-61(12,83-49)53-52(80-13)48(25-26-62(53)38-81-62)82-58(79)65-27-19-15-18-22-50(73)64-29-28-63-34-45(72)35-66-54(75)46(30-40(3)4)70-55(76)47(31-44-20-16-14-17-21-44)69-51(74)36-68-57(78)60(11,42(7)8)37-59(10,32-41(5)6)56(77)67-33-43(9)71/h14,16-17,20-21,23,40-43,46-49,52-53,63,71H,15,18-19,22,24-38H2,1-13H3,(H,64,73)(H,65,79)(H,66,75)(H,67,77)(H,68,78)(H,69,74)(H,70,76)/t43?,46-,47-,48?,49+,52?,53?,59?,60?,61?,62-/m0/s1. The van der Waals surface area contributed by atoms with Crippen LogP contribution in [0.4, 0.5) is 4.79 Å². The fourth-order valence-electron chi connectivity index (χ4n) is 11.6. The maximum atomic E-state index is 14.0. The van der Waals surface area contributed by atoms with E-state index in [1.165, 1.54) is 5.57 Å². The number of hydrogen-bond donors (Lipinski definition) is 9. The summed E-state index contributed by atoms with van der Waals surface area (Å²) in [5, 5.41) is 32.3. The number of nitrogens with one attached hydrogen (secondary N) is 8. The van der Waals surface area contributed by atoms with Gasteiger partial charge in [-0.2, -0.15) is 0 Å². The number of rotatable bonds is 37. The molecule has 21 heteroatoms. The second kappa shape index (κ2) is 32.7. The molecule has 3 aliphatic rings. The highest BCUT2D eigenvalue weighted by Gasteiger charge is 2.72. The molecular formula is C62H102N8O13. The third-order valence-corrected chi connectivity index (χ3v) is 16.5. The van der Waals surface area contributed by atoms with Gasteiger partial charge in [0.15, 0.2) is 5.78 Å². The molecule has 83 heavy (non-hydrogen) atoms. The SMILES string of the molecule is COC1C(OC(=O)NCCCCCC(=O)NCCNCC(=O)CNC(=O)[C@H](CC(C)C)NC(=O)[C@H](Cc2ccccc2)NC(=O)CNC(=O)C(C)(CC(C)(CC(C)C)C(=O)NCC(C)O)C(C)C)CC[C@]2(CO2)C1C1(C)O[C@@H]1CC=C(C)C. The summed E-state index contributed by atoms with van der Waals surface area (Å²) in [6.07, 6.45) is 5.65. The number of carbonyl (C=O) groups excluding carboxylic acids is 8. The summed E-state index contributed by atoms with van der Waals surface area (Å²) in [5.41, 5.74) is -0.816. The molecule has 1 aromatic rings. The lowest BCUT2D eigenvalue weighted by Gasteiger charge is -2.42. The van der Waals surface area contributed by atoms with E-state index >= 15 is 0 Å². The summed E-state index contributed by atoms with van der Waals surface area (Å²) in [6, 6.07) is 6.85. The fourth-order valence-corrected chi connectivity index (χ4v) is 11.6. The molecular weight excluding hydrogens is 1060 g/mol. The number of allylic oxidation sites excluding steroid dienone is 1. The average Bonchev–Trinajstić information content (AvgIpc) is 3.84. The lowest BCUT2D eigenvalue weighted by molar-refractivity contribution is -0.142. The lowest BCUT2D eigenvalue weighted by atomic mass is 9.64. The van der Waals surface area contributed by atoms with Gasteiger partial charge in [0.2, 0.25) is 35.4 Å². The van der Waals surface area contributed by atoms with Crippen LogP contribution in [0.3, 0.4) is 0 Å². The Balaban J connectivity index is 1.17. The van der Waals surface area contributed by atoms with Gasteiger partial charge in [-0.25, -0.2) is 4.79 Å². The van der Waals surface area contributed by atoms with Crippen molar-refractivity contribution >= 4 is 47.3 Å². The molecule has 0 aromatic heterocycles. The summed E-state index contributed by atoms with van der Waals surface area (Å²) in [4.78, 5) is 107. The number of methoxy groups -OCH3 is 1. The van der Waals surface area contributed by atoms with Crippen molar-refractivity contribution in [2.24, 2.45) is 34.5 Å². The van der Waals surface area contributed by atoms with E-state index in [2.05, 4.69) is 69.4 Å². The number of Topliss-reactive ketones (excluding diaryl/α,β-unsaturated/α-hetero) is 1. The monoisotopic (exact) mass is 1170 g/mol. The molecule has 9 N–H and O–H groups in total. The molecule has 2 heterocycles. The van der Waals surface area contributed by atoms with Crippen LogP contribution < -0.4 is 42.5 Å². The number of ether oxygens (including phenoxy) is 4. The molecule has 0 bridgehead atoms. The molecule has 3 fully saturated rings. The first-order valence-corrected chi connectivity index (χ1v) is 30.2. The minimum atomic E-state index is -1.14. The Morgan fingerprint density at radius 1 is 0.783 bits per heavy atom. The van der Waals surface area contributed by atoms with E-state index < -0.39 is 77.0 Å². The van der Waals surface area contributed by atoms with Crippen molar-refractivity contribution in [3.63, 3.8) is 0 Å². The Kier molecular flexibility index (Phi) is 27.6. The number of hydrogen-bond acceptors (Lipinski definition) is 14. The third-order valence-electron chi connectivity index (χ3n) is 16.5. The minimum absolute atomic E-state index is 0.0407. The highest BCUT2D eigenvalue weighted by molar-refractivity contribution is 5.95. The quantitative estimate of drug-likeness (QED) is 0.0248. The number of aliphatic hydroxyl groups is 1. The maximum absolute atomic E-state index is 14.0. The summed E-state index contributed by atoms with van der Waals surface area (Å²) in [7, 11) is 1.65. The molecule has 468 valence electrons. The number of unbranched alkanes of at least 4 members (excludes halogenated alkanes) is 2. The smallest absolute Gasteiger partial charge is 0.407 e. The highest BCUT2D eigenvalue weighted by atomic mass is 16.6. The number of carbonyl (C=O) groups is 8. The van der Waals surface area contributed by atoms with Crippen molar-refractivity contribution in [3.8, 4) is 0 Å². The van der Waals surface area contributed by atoms with Gasteiger partial charge in [-0.1, -0.05) is 104 Å². The van der Waals surface area contributed by atoms with Gasteiger partial charge in [0, 0.05) is 57.0 Å². The van der Waals surface area contributed by atoms with Gasteiger partial charge in [0.25, 0.3) is 0 Å². The summed E-state index contributed by atoms with van der Waals surface area (Å²) < 4.78 is 24.2. The second-order valence-electron chi connectivity index (χ2n) is 25.5. The van der Waals surface area contributed by atoms with Crippen molar-refractivity contribution in [2.45, 2.75) is 201 Å². The van der Waals surface area contributed by atoms with Crippen LogP contribution in [-0.2, 0) is 58.9 Å². The molecule has 1 aliphatic carbocycles. The first-order chi connectivity index (χ1) is 39.1. The largest absolute Gasteiger partial charge is 0.443 e.